The maximum absolute atomic E-state index is 11.8. The number of hydrogen-bond acceptors (Lipinski definition) is 4. The number of nitrogens with one attached hydrogen (secondary N) is 1. The van der Waals surface area contributed by atoms with Crippen LogP contribution in [0.3, 0.4) is 0 Å². The fourth-order valence-corrected chi connectivity index (χ4v) is 2.73. The zero-order chi connectivity index (χ0) is 13.1. The second kappa shape index (κ2) is 5.52. The number of fused-ring (bicyclic) bond motifs is 1. The standard InChI is InChI=1S/C13H20N2O3/c1-3-5-15-6-4-11-9(8-15)7-10(12(16)14-11)13(17)18-2/h7,9,11H,3-6,8H2,1-2H3,(H,14,16)/t9-,11-/m1/s1. The Morgan fingerprint density at radius 3 is 3.06 bits per heavy atom. The summed E-state index contributed by atoms with van der Waals surface area (Å²) in [5, 5.41) is 2.91. The van der Waals surface area contributed by atoms with E-state index in [4.69, 9.17) is 0 Å². The predicted octanol–water partition coefficient (Wildman–Crippen LogP) is 0.316. The lowest BCUT2D eigenvalue weighted by Crippen LogP contribution is -2.54. The van der Waals surface area contributed by atoms with E-state index in [-0.39, 0.29) is 23.4 Å². The molecule has 2 heterocycles. The Balaban J connectivity index is 2.12. The van der Waals surface area contributed by atoms with E-state index in [0.717, 1.165) is 32.5 Å². The topological polar surface area (TPSA) is 58.6 Å². The second-order valence-corrected chi connectivity index (χ2v) is 4.91. The molecule has 0 spiro atoms. The highest BCUT2D eigenvalue weighted by atomic mass is 16.5. The number of carbonyl (C=O) groups excluding carboxylic acids is 2. The van der Waals surface area contributed by atoms with Gasteiger partial charge in [-0.3, -0.25) is 4.79 Å². The third kappa shape index (κ3) is 2.56. The van der Waals surface area contributed by atoms with Crippen molar-refractivity contribution in [2.24, 2.45) is 5.92 Å². The number of carbonyl (C=O) groups is 2. The van der Waals surface area contributed by atoms with Crippen molar-refractivity contribution in [3.05, 3.63) is 11.6 Å². The molecule has 0 saturated carbocycles. The first-order chi connectivity index (χ1) is 8.65. The van der Waals surface area contributed by atoms with Crippen LogP contribution < -0.4 is 5.32 Å². The lowest BCUT2D eigenvalue weighted by atomic mass is 9.87. The summed E-state index contributed by atoms with van der Waals surface area (Å²) in [6.45, 7) is 5.14. The number of rotatable bonds is 3. The fourth-order valence-electron chi connectivity index (χ4n) is 2.73. The van der Waals surface area contributed by atoms with Crippen LogP contribution in [0.1, 0.15) is 19.8 Å². The highest BCUT2D eigenvalue weighted by Crippen LogP contribution is 2.24. The van der Waals surface area contributed by atoms with Crippen molar-refractivity contribution in [3.63, 3.8) is 0 Å². The summed E-state index contributed by atoms with van der Waals surface area (Å²) in [6, 6.07) is 0.166. The smallest absolute Gasteiger partial charge is 0.343 e. The lowest BCUT2D eigenvalue weighted by Gasteiger charge is -2.39. The van der Waals surface area contributed by atoms with Gasteiger partial charge in [-0.05, 0) is 19.4 Å². The third-order valence-corrected chi connectivity index (χ3v) is 3.63. The van der Waals surface area contributed by atoms with Gasteiger partial charge in [-0.25, -0.2) is 4.79 Å². The van der Waals surface area contributed by atoms with Crippen LogP contribution in [-0.4, -0.2) is 49.6 Å². The molecule has 0 bridgehead atoms. The zero-order valence-corrected chi connectivity index (χ0v) is 10.9. The fraction of sp³-hybridized carbons (Fsp3) is 0.692. The monoisotopic (exact) mass is 252 g/mol. The van der Waals surface area contributed by atoms with Gasteiger partial charge in [0.05, 0.1) is 7.11 Å². The summed E-state index contributed by atoms with van der Waals surface area (Å²) in [4.78, 5) is 25.6. The molecule has 0 aromatic rings. The summed E-state index contributed by atoms with van der Waals surface area (Å²) in [5.41, 5.74) is 0.150. The Morgan fingerprint density at radius 2 is 2.39 bits per heavy atom. The molecule has 5 heteroatoms. The van der Waals surface area contributed by atoms with Gasteiger partial charge < -0.3 is 15.0 Å². The van der Waals surface area contributed by atoms with Gasteiger partial charge in [0.15, 0.2) is 0 Å². The molecule has 18 heavy (non-hydrogen) atoms. The average molecular weight is 252 g/mol. The number of piperidine rings is 1. The highest BCUT2D eigenvalue weighted by molar-refractivity contribution is 6.16. The van der Waals surface area contributed by atoms with Crippen LogP contribution >= 0.6 is 0 Å². The molecule has 1 fully saturated rings. The van der Waals surface area contributed by atoms with Gasteiger partial charge in [0.1, 0.15) is 5.57 Å². The molecule has 2 aliphatic heterocycles. The van der Waals surface area contributed by atoms with Crippen molar-refractivity contribution in [2.45, 2.75) is 25.8 Å². The van der Waals surface area contributed by atoms with Crippen molar-refractivity contribution in [3.8, 4) is 0 Å². The number of esters is 1. The Labute approximate surface area is 107 Å². The van der Waals surface area contributed by atoms with Crippen LogP contribution in [-0.2, 0) is 14.3 Å². The van der Waals surface area contributed by atoms with Crippen molar-refractivity contribution < 1.29 is 14.3 Å². The molecule has 1 N–H and O–H groups in total. The summed E-state index contributed by atoms with van der Waals surface area (Å²) in [5.74, 6) is -0.622. The minimum absolute atomic E-state index is 0.150. The van der Waals surface area contributed by atoms with Gasteiger partial charge in [-0.15, -0.1) is 0 Å². The molecule has 0 aromatic heterocycles. The first-order valence-electron chi connectivity index (χ1n) is 6.49. The average Bonchev–Trinajstić information content (AvgIpc) is 2.38. The summed E-state index contributed by atoms with van der Waals surface area (Å²) >= 11 is 0. The third-order valence-electron chi connectivity index (χ3n) is 3.63. The molecule has 5 nitrogen and oxygen atoms in total. The van der Waals surface area contributed by atoms with Crippen molar-refractivity contribution in [1.29, 1.82) is 0 Å². The van der Waals surface area contributed by atoms with Crippen LogP contribution in [0.4, 0.5) is 0 Å². The minimum Gasteiger partial charge on any atom is -0.465 e. The molecule has 2 atom stereocenters. The molecular formula is C13H20N2O3. The zero-order valence-electron chi connectivity index (χ0n) is 10.9. The molecule has 2 rings (SSSR count). The van der Waals surface area contributed by atoms with Crippen LogP contribution in [0, 0.1) is 5.92 Å². The van der Waals surface area contributed by atoms with Crippen LogP contribution in [0.15, 0.2) is 11.6 Å². The molecule has 0 aliphatic carbocycles. The van der Waals surface area contributed by atoms with E-state index in [1.807, 2.05) is 0 Å². The van der Waals surface area contributed by atoms with Crippen LogP contribution in [0.2, 0.25) is 0 Å². The summed E-state index contributed by atoms with van der Waals surface area (Å²) in [7, 11) is 1.30. The van der Waals surface area contributed by atoms with Crippen molar-refractivity contribution in [2.75, 3.05) is 26.7 Å². The van der Waals surface area contributed by atoms with Crippen molar-refractivity contribution >= 4 is 11.9 Å². The Hall–Kier alpha value is -1.36. The predicted molar refractivity (Wildman–Crippen MR) is 66.9 cm³/mol. The van der Waals surface area contributed by atoms with Crippen LogP contribution in [0.25, 0.3) is 0 Å². The number of nitrogens with zero attached hydrogens (tertiary/aromatic N) is 1. The number of ether oxygens (including phenoxy) is 1. The van der Waals surface area contributed by atoms with E-state index < -0.39 is 5.97 Å². The number of hydrogen-bond donors (Lipinski definition) is 1. The second-order valence-electron chi connectivity index (χ2n) is 4.91. The molecule has 0 radical (unpaired) electrons. The molecular weight excluding hydrogens is 232 g/mol. The first-order valence-corrected chi connectivity index (χ1v) is 6.49. The van der Waals surface area contributed by atoms with Gasteiger partial charge in [-0.1, -0.05) is 13.0 Å². The quantitative estimate of drug-likeness (QED) is 0.580. The molecule has 0 aromatic carbocycles. The van der Waals surface area contributed by atoms with E-state index in [1.54, 1.807) is 6.08 Å². The highest BCUT2D eigenvalue weighted by Gasteiger charge is 2.35. The van der Waals surface area contributed by atoms with Gasteiger partial charge >= 0.3 is 5.97 Å². The minimum atomic E-state index is -0.543. The molecule has 1 saturated heterocycles. The normalized spacial score (nSPS) is 28.1. The van der Waals surface area contributed by atoms with Crippen molar-refractivity contribution in [1.82, 2.24) is 10.2 Å². The van der Waals surface area contributed by atoms with Gasteiger partial charge in [-0.2, -0.15) is 0 Å². The van der Waals surface area contributed by atoms with Gasteiger partial charge in [0.2, 0.25) is 0 Å². The lowest BCUT2D eigenvalue weighted by molar-refractivity contribution is -0.138. The van der Waals surface area contributed by atoms with E-state index in [2.05, 4.69) is 21.9 Å². The maximum Gasteiger partial charge on any atom is 0.343 e. The largest absolute Gasteiger partial charge is 0.465 e. The van der Waals surface area contributed by atoms with E-state index in [9.17, 15) is 9.59 Å². The van der Waals surface area contributed by atoms with Gasteiger partial charge in [0, 0.05) is 25.0 Å². The number of likely N-dealkylation sites (tertiary alicyclic amines) is 1. The first kappa shape index (κ1) is 13.1. The van der Waals surface area contributed by atoms with E-state index >= 15 is 0 Å². The molecule has 0 unspecified atom stereocenters. The van der Waals surface area contributed by atoms with E-state index in [1.165, 1.54) is 7.11 Å². The Kier molecular flexibility index (Phi) is 4.01. The summed E-state index contributed by atoms with van der Waals surface area (Å²) in [6.07, 6.45) is 3.86. The van der Waals surface area contributed by atoms with Crippen LogP contribution in [0.5, 0.6) is 0 Å². The van der Waals surface area contributed by atoms with E-state index in [0.29, 0.717) is 0 Å². The molecule has 2 aliphatic rings. The summed E-state index contributed by atoms with van der Waals surface area (Å²) < 4.78 is 4.63. The Bertz CT molecular complexity index is 378. The molecule has 100 valence electrons. The molecule has 1 amide bonds. The van der Waals surface area contributed by atoms with Gasteiger partial charge in [0.25, 0.3) is 5.91 Å². The number of methoxy groups -OCH3 is 1. The maximum atomic E-state index is 11.8. The SMILES string of the molecule is CCCN1CC[C@H]2NC(=O)C(C(=O)OC)=C[C@@H]2C1. The number of amides is 1. The Morgan fingerprint density at radius 1 is 1.61 bits per heavy atom.